The summed E-state index contributed by atoms with van der Waals surface area (Å²) in [6.07, 6.45) is 3.62. The number of aromatic nitrogens is 1. The van der Waals surface area contributed by atoms with Crippen LogP contribution in [-0.4, -0.2) is 53.2 Å². The van der Waals surface area contributed by atoms with Crippen LogP contribution < -0.4 is 4.90 Å². The van der Waals surface area contributed by atoms with E-state index in [1.165, 1.54) is 4.88 Å². The summed E-state index contributed by atoms with van der Waals surface area (Å²) < 4.78 is 0. The van der Waals surface area contributed by atoms with Crippen molar-refractivity contribution in [3.05, 3.63) is 11.1 Å². The van der Waals surface area contributed by atoms with Gasteiger partial charge in [0, 0.05) is 37.3 Å². The van der Waals surface area contributed by atoms with Gasteiger partial charge in [0.25, 0.3) is 0 Å². The van der Waals surface area contributed by atoms with Crippen LogP contribution >= 0.6 is 11.3 Å². The first-order valence-corrected chi connectivity index (χ1v) is 7.63. The van der Waals surface area contributed by atoms with Gasteiger partial charge in [-0.2, -0.15) is 0 Å². The third kappa shape index (κ3) is 3.25. The average molecular weight is 283 g/mol. The molecule has 0 spiro atoms. The highest BCUT2D eigenvalue weighted by Gasteiger charge is 2.28. The minimum Gasteiger partial charge on any atom is -0.480 e. The lowest BCUT2D eigenvalue weighted by Gasteiger charge is -2.37. The normalized spacial score (nSPS) is 18.5. The molecule has 0 saturated carbocycles. The van der Waals surface area contributed by atoms with E-state index in [1.54, 1.807) is 11.3 Å². The first kappa shape index (κ1) is 14.3. The zero-order valence-electron chi connectivity index (χ0n) is 11.5. The number of thiazole rings is 1. The number of nitrogens with zero attached hydrogens (tertiary/aromatic N) is 3. The van der Waals surface area contributed by atoms with Crippen molar-refractivity contribution in [3.8, 4) is 0 Å². The van der Waals surface area contributed by atoms with Gasteiger partial charge in [-0.05, 0) is 12.8 Å². The van der Waals surface area contributed by atoms with Crippen LogP contribution in [0.2, 0.25) is 0 Å². The number of hydrogen-bond donors (Lipinski definition) is 1. The van der Waals surface area contributed by atoms with Gasteiger partial charge in [-0.3, -0.25) is 9.69 Å². The number of carboxylic acids is 1. The second-order valence-electron chi connectivity index (χ2n) is 4.75. The molecular formula is C13H21N3O2S. The van der Waals surface area contributed by atoms with E-state index in [-0.39, 0.29) is 6.04 Å². The number of hydrogen-bond acceptors (Lipinski definition) is 5. The van der Waals surface area contributed by atoms with Crippen LogP contribution in [0.4, 0.5) is 5.13 Å². The van der Waals surface area contributed by atoms with Crippen molar-refractivity contribution in [3.63, 3.8) is 0 Å². The fraction of sp³-hybridized carbons (Fsp3) is 0.692. The van der Waals surface area contributed by atoms with Crippen LogP contribution in [-0.2, 0) is 11.2 Å². The molecule has 1 aromatic heterocycles. The van der Waals surface area contributed by atoms with E-state index in [1.807, 2.05) is 13.1 Å². The standard InChI is InChI=1S/C13H21N3O2S/c1-3-10-9-14-13(19-10)16-7-5-15(6-8-16)11(4-2)12(17)18/h9,11H,3-8H2,1-2H3,(H,17,18). The van der Waals surface area contributed by atoms with Crippen LogP contribution in [0.3, 0.4) is 0 Å². The molecule has 106 valence electrons. The monoisotopic (exact) mass is 283 g/mol. The maximum absolute atomic E-state index is 11.2. The van der Waals surface area contributed by atoms with Gasteiger partial charge in [0.15, 0.2) is 5.13 Å². The molecular weight excluding hydrogens is 262 g/mol. The predicted molar refractivity (Wildman–Crippen MR) is 77.0 cm³/mol. The Morgan fingerprint density at radius 2 is 2.11 bits per heavy atom. The molecule has 1 aliphatic heterocycles. The Labute approximate surface area is 117 Å². The second-order valence-corrected chi connectivity index (χ2v) is 5.84. The highest BCUT2D eigenvalue weighted by molar-refractivity contribution is 7.15. The van der Waals surface area contributed by atoms with Gasteiger partial charge in [0.2, 0.25) is 0 Å². The lowest BCUT2D eigenvalue weighted by atomic mass is 10.1. The van der Waals surface area contributed by atoms with Gasteiger partial charge >= 0.3 is 5.97 Å². The van der Waals surface area contributed by atoms with E-state index in [4.69, 9.17) is 0 Å². The molecule has 1 fully saturated rings. The molecule has 1 unspecified atom stereocenters. The lowest BCUT2D eigenvalue weighted by molar-refractivity contribution is -0.143. The summed E-state index contributed by atoms with van der Waals surface area (Å²) >= 11 is 1.74. The van der Waals surface area contributed by atoms with Crippen LogP contribution in [0.5, 0.6) is 0 Å². The van der Waals surface area contributed by atoms with Gasteiger partial charge in [-0.25, -0.2) is 4.98 Å². The average Bonchev–Trinajstić information content (AvgIpc) is 2.89. The zero-order valence-corrected chi connectivity index (χ0v) is 12.3. The highest BCUT2D eigenvalue weighted by Crippen LogP contribution is 2.24. The summed E-state index contributed by atoms with van der Waals surface area (Å²) in [5.41, 5.74) is 0. The van der Waals surface area contributed by atoms with Crippen molar-refractivity contribution in [2.75, 3.05) is 31.1 Å². The molecule has 0 bridgehead atoms. The maximum atomic E-state index is 11.2. The Kier molecular flexibility index (Phi) is 4.76. The number of aliphatic carboxylic acids is 1. The Bertz CT molecular complexity index is 427. The molecule has 2 heterocycles. The summed E-state index contributed by atoms with van der Waals surface area (Å²) in [7, 11) is 0. The van der Waals surface area contributed by atoms with Crippen molar-refractivity contribution < 1.29 is 9.90 Å². The Morgan fingerprint density at radius 3 is 2.58 bits per heavy atom. The molecule has 1 N–H and O–H groups in total. The minimum absolute atomic E-state index is 0.343. The van der Waals surface area contributed by atoms with Gasteiger partial charge < -0.3 is 10.0 Å². The smallest absolute Gasteiger partial charge is 0.320 e. The van der Waals surface area contributed by atoms with E-state index >= 15 is 0 Å². The van der Waals surface area contributed by atoms with Crippen LogP contribution in [0.25, 0.3) is 0 Å². The highest BCUT2D eigenvalue weighted by atomic mass is 32.1. The lowest BCUT2D eigenvalue weighted by Crippen LogP contribution is -2.52. The van der Waals surface area contributed by atoms with Crippen molar-refractivity contribution in [1.82, 2.24) is 9.88 Å². The summed E-state index contributed by atoms with van der Waals surface area (Å²) in [5, 5.41) is 10.2. The first-order chi connectivity index (χ1) is 9.15. The molecule has 0 aliphatic carbocycles. The third-order valence-electron chi connectivity index (χ3n) is 3.59. The number of carbonyl (C=O) groups is 1. The number of rotatable bonds is 5. The summed E-state index contributed by atoms with van der Waals surface area (Å²) in [6, 6.07) is -0.343. The fourth-order valence-electron chi connectivity index (χ4n) is 2.42. The number of aryl methyl sites for hydroxylation is 1. The SMILES string of the molecule is CCc1cnc(N2CCN(C(CC)C(=O)O)CC2)s1. The van der Waals surface area contributed by atoms with Crippen molar-refractivity contribution in [2.24, 2.45) is 0 Å². The molecule has 5 nitrogen and oxygen atoms in total. The zero-order chi connectivity index (χ0) is 13.8. The van der Waals surface area contributed by atoms with E-state index in [0.717, 1.165) is 37.7 Å². The van der Waals surface area contributed by atoms with E-state index in [2.05, 4.69) is 21.7 Å². The van der Waals surface area contributed by atoms with Crippen molar-refractivity contribution >= 4 is 22.4 Å². The Hall–Kier alpha value is -1.14. The maximum Gasteiger partial charge on any atom is 0.320 e. The first-order valence-electron chi connectivity index (χ1n) is 6.82. The molecule has 1 aliphatic rings. The summed E-state index contributed by atoms with van der Waals surface area (Å²) in [5.74, 6) is -0.710. The van der Waals surface area contributed by atoms with Gasteiger partial charge in [0.1, 0.15) is 6.04 Å². The molecule has 6 heteroatoms. The molecule has 0 aromatic carbocycles. The van der Waals surface area contributed by atoms with Gasteiger partial charge in [-0.1, -0.05) is 13.8 Å². The fourth-order valence-corrected chi connectivity index (χ4v) is 3.32. The number of piperazine rings is 1. The quantitative estimate of drug-likeness (QED) is 0.891. The number of anilines is 1. The van der Waals surface area contributed by atoms with Crippen molar-refractivity contribution in [1.29, 1.82) is 0 Å². The minimum atomic E-state index is -0.710. The van der Waals surface area contributed by atoms with Crippen LogP contribution in [0.1, 0.15) is 25.1 Å². The Morgan fingerprint density at radius 1 is 1.42 bits per heavy atom. The molecule has 2 rings (SSSR count). The second kappa shape index (κ2) is 6.34. The topological polar surface area (TPSA) is 56.7 Å². The van der Waals surface area contributed by atoms with Crippen LogP contribution in [0, 0.1) is 0 Å². The molecule has 1 saturated heterocycles. The van der Waals surface area contributed by atoms with Crippen LogP contribution in [0.15, 0.2) is 6.20 Å². The molecule has 0 radical (unpaired) electrons. The molecule has 1 aromatic rings. The molecule has 0 amide bonds. The van der Waals surface area contributed by atoms with E-state index in [0.29, 0.717) is 6.42 Å². The van der Waals surface area contributed by atoms with Gasteiger partial charge in [0.05, 0.1) is 0 Å². The largest absolute Gasteiger partial charge is 0.480 e. The summed E-state index contributed by atoms with van der Waals surface area (Å²) in [6.45, 7) is 7.38. The van der Waals surface area contributed by atoms with E-state index < -0.39 is 5.97 Å². The number of carboxylic acid groups (broad SMARTS) is 1. The molecule has 1 atom stereocenters. The van der Waals surface area contributed by atoms with Gasteiger partial charge in [-0.15, -0.1) is 11.3 Å². The third-order valence-corrected chi connectivity index (χ3v) is 4.79. The summed E-state index contributed by atoms with van der Waals surface area (Å²) in [4.78, 5) is 21.2. The van der Waals surface area contributed by atoms with Crippen molar-refractivity contribution in [2.45, 2.75) is 32.7 Å². The Balaban J connectivity index is 1.93. The van der Waals surface area contributed by atoms with E-state index in [9.17, 15) is 9.90 Å². The predicted octanol–water partition coefficient (Wildman–Crippen LogP) is 1.69. The molecule has 19 heavy (non-hydrogen) atoms.